The zero-order chi connectivity index (χ0) is 11.4. The Labute approximate surface area is 94.1 Å². The average Bonchev–Trinajstić information content (AvgIpc) is 2.89. The van der Waals surface area contributed by atoms with Crippen LogP contribution in [0.15, 0.2) is 17.8 Å². The van der Waals surface area contributed by atoms with Gasteiger partial charge in [0, 0.05) is 11.6 Å². The van der Waals surface area contributed by atoms with Crippen molar-refractivity contribution in [2.24, 2.45) is 0 Å². The monoisotopic (exact) mass is 237 g/mol. The highest BCUT2D eigenvalue weighted by molar-refractivity contribution is 7.13. The molecule has 0 aliphatic heterocycles. The Kier molecular flexibility index (Phi) is 3.01. The second-order valence-corrected chi connectivity index (χ2v) is 3.74. The van der Waals surface area contributed by atoms with Gasteiger partial charge in [0.25, 0.3) is 0 Å². The summed E-state index contributed by atoms with van der Waals surface area (Å²) in [5.74, 6) is -0.266. The number of nitrogens with zero attached hydrogens (tertiary/aromatic N) is 4. The molecule has 0 spiro atoms. The number of hydrogen-bond donors (Lipinski definition) is 1. The van der Waals surface area contributed by atoms with Gasteiger partial charge in [0.1, 0.15) is 12.2 Å². The summed E-state index contributed by atoms with van der Waals surface area (Å²) in [6.07, 6.45) is 3.57. The van der Waals surface area contributed by atoms with Gasteiger partial charge in [-0.05, 0) is 0 Å². The van der Waals surface area contributed by atoms with Crippen molar-refractivity contribution in [1.29, 1.82) is 0 Å². The number of nitrogens with one attached hydrogen (secondary N) is 1. The average molecular weight is 237 g/mol. The number of aldehydes is 1. The van der Waals surface area contributed by atoms with E-state index in [1.54, 1.807) is 11.6 Å². The smallest absolute Gasteiger partial charge is 0.247 e. The maximum Gasteiger partial charge on any atom is 0.247 e. The minimum Gasteiger partial charge on any atom is -0.300 e. The van der Waals surface area contributed by atoms with Crippen LogP contribution in [0.5, 0.6) is 0 Å². The van der Waals surface area contributed by atoms with Crippen LogP contribution in [-0.4, -0.2) is 32.2 Å². The van der Waals surface area contributed by atoms with E-state index in [0.717, 1.165) is 0 Å². The summed E-state index contributed by atoms with van der Waals surface area (Å²) in [7, 11) is 0. The molecule has 0 aromatic carbocycles. The summed E-state index contributed by atoms with van der Waals surface area (Å²) in [6.45, 7) is 0.000417. The van der Waals surface area contributed by atoms with E-state index in [1.165, 1.54) is 22.2 Å². The normalized spacial score (nSPS) is 10.0. The fraction of sp³-hybridized carbons (Fsp3) is 0.125. The van der Waals surface area contributed by atoms with Gasteiger partial charge in [0.2, 0.25) is 5.91 Å². The second-order valence-electron chi connectivity index (χ2n) is 2.84. The van der Waals surface area contributed by atoms with E-state index in [1.807, 2.05) is 0 Å². The molecule has 0 bridgehead atoms. The number of carbonyl (C=O) groups is 2. The Bertz CT molecular complexity index is 492. The molecule has 0 fully saturated rings. The fourth-order valence-corrected chi connectivity index (χ4v) is 1.58. The van der Waals surface area contributed by atoms with E-state index in [9.17, 15) is 9.59 Å². The van der Waals surface area contributed by atoms with Gasteiger partial charge in [0.05, 0.1) is 6.20 Å². The van der Waals surface area contributed by atoms with E-state index in [4.69, 9.17) is 0 Å². The Morgan fingerprint density at radius 2 is 2.50 bits per heavy atom. The predicted molar refractivity (Wildman–Crippen MR) is 56.2 cm³/mol. The topological polar surface area (TPSA) is 89.8 Å². The highest BCUT2D eigenvalue weighted by atomic mass is 32.1. The molecule has 1 N–H and O–H groups in total. The van der Waals surface area contributed by atoms with Crippen LogP contribution in [0, 0.1) is 0 Å². The molecule has 7 nitrogen and oxygen atoms in total. The highest BCUT2D eigenvalue weighted by Gasteiger charge is 2.06. The molecule has 8 heteroatoms. The zero-order valence-corrected chi connectivity index (χ0v) is 8.85. The SMILES string of the molecule is O=Cc1cn(CC(=O)Nc2nccs2)nn1. The maximum absolute atomic E-state index is 11.5. The van der Waals surface area contributed by atoms with E-state index < -0.39 is 0 Å². The number of thiazole rings is 1. The molecule has 0 atom stereocenters. The Morgan fingerprint density at radius 3 is 3.12 bits per heavy atom. The fourth-order valence-electron chi connectivity index (χ4n) is 1.04. The lowest BCUT2D eigenvalue weighted by atomic mass is 10.5. The minimum absolute atomic E-state index is 0.000417. The molecule has 16 heavy (non-hydrogen) atoms. The number of rotatable bonds is 4. The molecule has 2 aromatic rings. The van der Waals surface area contributed by atoms with Gasteiger partial charge < -0.3 is 5.32 Å². The first-order valence-electron chi connectivity index (χ1n) is 4.32. The molecule has 0 saturated carbocycles. The van der Waals surface area contributed by atoms with Crippen molar-refractivity contribution < 1.29 is 9.59 Å². The number of carbonyl (C=O) groups excluding carboxylic acids is 2. The lowest BCUT2D eigenvalue weighted by molar-refractivity contribution is -0.116. The Balaban J connectivity index is 1.94. The van der Waals surface area contributed by atoms with Crippen molar-refractivity contribution in [3.05, 3.63) is 23.5 Å². The molecule has 2 rings (SSSR count). The van der Waals surface area contributed by atoms with Crippen LogP contribution in [0.1, 0.15) is 10.5 Å². The largest absolute Gasteiger partial charge is 0.300 e. The lowest BCUT2D eigenvalue weighted by Gasteiger charge is -2.00. The summed E-state index contributed by atoms with van der Waals surface area (Å²) < 4.78 is 1.28. The molecule has 0 aliphatic rings. The molecule has 82 valence electrons. The zero-order valence-electron chi connectivity index (χ0n) is 8.03. The van der Waals surface area contributed by atoms with Crippen LogP contribution in [0.4, 0.5) is 5.13 Å². The standard InChI is InChI=1S/C8H7N5O2S/c14-5-6-3-13(12-11-6)4-7(15)10-8-9-1-2-16-8/h1-3,5H,4H2,(H,9,10,15). The third kappa shape index (κ3) is 2.48. The molecule has 0 unspecified atom stereocenters. The summed E-state index contributed by atoms with van der Waals surface area (Å²) >= 11 is 1.33. The first kappa shape index (κ1) is 10.4. The molecular weight excluding hydrogens is 230 g/mol. The summed E-state index contributed by atoms with van der Waals surface area (Å²) in [5, 5.41) is 12.0. The molecule has 0 aliphatic carbocycles. The summed E-state index contributed by atoms with van der Waals surface area (Å²) in [6, 6.07) is 0. The maximum atomic E-state index is 11.5. The van der Waals surface area contributed by atoms with E-state index >= 15 is 0 Å². The van der Waals surface area contributed by atoms with Crippen molar-refractivity contribution in [1.82, 2.24) is 20.0 Å². The predicted octanol–water partition coefficient (Wildman–Crippen LogP) is 0.186. The molecular formula is C8H7N5O2S. The van der Waals surface area contributed by atoms with Crippen LogP contribution in [-0.2, 0) is 11.3 Å². The third-order valence-corrected chi connectivity index (χ3v) is 2.35. The first-order valence-corrected chi connectivity index (χ1v) is 5.20. The van der Waals surface area contributed by atoms with Crippen molar-refractivity contribution in [3.63, 3.8) is 0 Å². The third-order valence-electron chi connectivity index (χ3n) is 1.66. The molecule has 0 saturated heterocycles. The van der Waals surface area contributed by atoms with Gasteiger partial charge in [-0.1, -0.05) is 5.21 Å². The van der Waals surface area contributed by atoms with Crippen molar-refractivity contribution >= 4 is 28.7 Å². The highest BCUT2D eigenvalue weighted by Crippen LogP contribution is 2.09. The molecule has 1 amide bonds. The van der Waals surface area contributed by atoms with Crippen molar-refractivity contribution in [2.75, 3.05) is 5.32 Å². The van der Waals surface area contributed by atoms with Gasteiger partial charge >= 0.3 is 0 Å². The lowest BCUT2D eigenvalue weighted by Crippen LogP contribution is -2.18. The second kappa shape index (κ2) is 4.62. The van der Waals surface area contributed by atoms with Crippen LogP contribution >= 0.6 is 11.3 Å². The quantitative estimate of drug-likeness (QED) is 0.766. The van der Waals surface area contributed by atoms with Crippen molar-refractivity contribution in [2.45, 2.75) is 6.54 Å². The summed E-state index contributed by atoms with van der Waals surface area (Å²) in [5.41, 5.74) is 0.196. The van der Waals surface area contributed by atoms with Crippen LogP contribution in [0.25, 0.3) is 0 Å². The van der Waals surface area contributed by atoms with Gasteiger partial charge in [-0.2, -0.15) is 0 Å². The molecule has 2 aromatic heterocycles. The molecule has 2 heterocycles. The van der Waals surface area contributed by atoms with Gasteiger partial charge in [-0.25, -0.2) is 9.67 Å². The Morgan fingerprint density at radius 1 is 1.62 bits per heavy atom. The van der Waals surface area contributed by atoms with Crippen LogP contribution < -0.4 is 5.32 Å². The van der Waals surface area contributed by atoms with Crippen molar-refractivity contribution in [3.8, 4) is 0 Å². The van der Waals surface area contributed by atoms with Gasteiger partial charge in [0.15, 0.2) is 11.4 Å². The first-order chi connectivity index (χ1) is 7.78. The van der Waals surface area contributed by atoms with Gasteiger partial charge in [-0.3, -0.25) is 9.59 Å². The van der Waals surface area contributed by atoms with E-state index in [-0.39, 0.29) is 18.1 Å². The van der Waals surface area contributed by atoms with E-state index in [0.29, 0.717) is 11.4 Å². The number of anilines is 1. The number of aromatic nitrogens is 4. The number of amides is 1. The van der Waals surface area contributed by atoms with Crippen LogP contribution in [0.3, 0.4) is 0 Å². The summed E-state index contributed by atoms with van der Waals surface area (Å²) in [4.78, 5) is 25.7. The van der Waals surface area contributed by atoms with Crippen LogP contribution in [0.2, 0.25) is 0 Å². The minimum atomic E-state index is -0.266. The number of hydrogen-bond acceptors (Lipinski definition) is 6. The van der Waals surface area contributed by atoms with E-state index in [2.05, 4.69) is 20.6 Å². The van der Waals surface area contributed by atoms with Gasteiger partial charge in [-0.15, -0.1) is 16.4 Å². The molecule has 0 radical (unpaired) electrons. The Hall–Kier alpha value is -2.09.